The van der Waals surface area contributed by atoms with E-state index in [2.05, 4.69) is 10.6 Å². The van der Waals surface area contributed by atoms with Crippen molar-refractivity contribution in [1.82, 2.24) is 10.6 Å². The van der Waals surface area contributed by atoms with Gasteiger partial charge < -0.3 is 16.4 Å². The van der Waals surface area contributed by atoms with Crippen LogP contribution in [0.4, 0.5) is 4.79 Å². The van der Waals surface area contributed by atoms with Crippen molar-refractivity contribution in [3.63, 3.8) is 0 Å². The van der Waals surface area contributed by atoms with Gasteiger partial charge >= 0.3 is 6.03 Å². The summed E-state index contributed by atoms with van der Waals surface area (Å²) in [4.78, 5) is 21.4. The molecule has 0 unspecified atom stereocenters. The van der Waals surface area contributed by atoms with Gasteiger partial charge in [-0.05, 0) is 12.8 Å². The van der Waals surface area contributed by atoms with Gasteiger partial charge in [0, 0.05) is 6.04 Å². The van der Waals surface area contributed by atoms with Gasteiger partial charge in [0.15, 0.2) is 0 Å². The number of hydrogen-bond donors (Lipinski definition) is 3. The van der Waals surface area contributed by atoms with Crippen LogP contribution in [0.3, 0.4) is 0 Å². The lowest BCUT2D eigenvalue weighted by molar-refractivity contribution is -0.120. The van der Waals surface area contributed by atoms with Gasteiger partial charge in [-0.15, -0.1) is 0 Å². The van der Waals surface area contributed by atoms with Crippen LogP contribution in [0.5, 0.6) is 0 Å². The summed E-state index contributed by atoms with van der Waals surface area (Å²) < 4.78 is 0. The molecule has 0 spiro atoms. The second-order valence-electron chi connectivity index (χ2n) is 2.93. The zero-order valence-electron chi connectivity index (χ0n) is 7.25. The smallest absolute Gasteiger partial charge is 0.312 e. The van der Waals surface area contributed by atoms with Crippen molar-refractivity contribution >= 4 is 11.9 Å². The summed E-state index contributed by atoms with van der Waals surface area (Å²) in [6.07, 6.45) is 5.77. The van der Waals surface area contributed by atoms with Crippen LogP contribution in [-0.2, 0) is 4.79 Å². The lowest BCUT2D eigenvalue weighted by Crippen LogP contribution is -2.42. The minimum absolute atomic E-state index is 0.0498. The first-order valence-electron chi connectivity index (χ1n) is 4.16. The van der Waals surface area contributed by atoms with E-state index in [9.17, 15) is 9.59 Å². The minimum Gasteiger partial charge on any atom is -0.352 e. The van der Waals surface area contributed by atoms with Crippen molar-refractivity contribution in [2.24, 2.45) is 5.73 Å². The van der Waals surface area contributed by atoms with Crippen LogP contribution in [0.1, 0.15) is 12.8 Å². The topological polar surface area (TPSA) is 84.2 Å². The summed E-state index contributed by atoms with van der Waals surface area (Å²) in [6, 6.07) is -0.498. The molecule has 72 valence electrons. The number of hydrogen-bond acceptors (Lipinski definition) is 2. The molecule has 1 aliphatic rings. The predicted octanol–water partition coefficient (Wildman–Crippen LogP) is -0.511. The van der Waals surface area contributed by atoms with Crippen LogP contribution in [-0.4, -0.2) is 24.5 Å². The maximum absolute atomic E-state index is 11.1. The van der Waals surface area contributed by atoms with Crippen LogP contribution >= 0.6 is 0 Å². The summed E-state index contributed by atoms with van der Waals surface area (Å²) in [6.45, 7) is -0.0498. The van der Waals surface area contributed by atoms with E-state index in [4.69, 9.17) is 5.73 Å². The second-order valence-corrected chi connectivity index (χ2v) is 2.93. The fraction of sp³-hybridized carbons (Fsp3) is 0.500. The zero-order chi connectivity index (χ0) is 9.68. The van der Waals surface area contributed by atoms with Crippen LogP contribution < -0.4 is 16.4 Å². The maximum Gasteiger partial charge on any atom is 0.312 e. The third-order valence-corrected chi connectivity index (χ3v) is 1.80. The molecular formula is C8H13N3O2. The van der Waals surface area contributed by atoms with E-state index in [0.29, 0.717) is 0 Å². The molecular weight excluding hydrogens is 170 g/mol. The molecule has 0 aromatic rings. The van der Waals surface area contributed by atoms with Crippen molar-refractivity contribution in [2.75, 3.05) is 6.54 Å². The Hall–Kier alpha value is -1.52. The maximum atomic E-state index is 11.1. The SMILES string of the molecule is NC(=O)NCC(=O)NC1CC=CC1. The molecule has 0 aromatic heterocycles. The average molecular weight is 183 g/mol. The lowest BCUT2D eigenvalue weighted by atomic mass is 10.2. The highest BCUT2D eigenvalue weighted by Gasteiger charge is 2.12. The molecule has 0 bridgehead atoms. The van der Waals surface area contributed by atoms with Crippen molar-refractivity contribution in [2.45, 2.75) is 18.9 Å². The highest BCUT2D eigenvalue weighted by atomic mass is 16.2. The van der Waals surface area contributed by atoms with Crippen molar-refractivity contribution in [3.05, 3.63) is 12.2 Å². The van der Waals surface area contributed by atoms with Gasteiger partial charge in [-0.25, -0.2) is 4.79 Å². The molecule has 0 fully saturated rings. The molecule has 0 saturated heterocycles. The largest absolute Gasteiger partial charge is 0.352 e. The minimum atomic E-state index is -0.681. The van der Waals surface area contributed by atoms with Crippen LogP contribution in [0.15, 0.2) is 12.2 Å². The Morgan fingerprint density at radius 2 is 2.00 bits per heavy atom. The molecule has 0 aromatic carbocycles. The number of primary amides is 1. The van der Waals surface area contributed by atoms with Gasteiger partial charge in [-0.1, -0.05) is 12.2 Å². The Kier molecular flexibility index (Phi) is 3.31. The van der Waals surface area contributed by atoms with Gasteiger partial charge in [-0.2, -0.15) is 0 Å². The molecule has 5 heteroatoms. The fourth-order valence-electron chi connectivity index (χ4n) is 1.18. The van der Waals surface area contributed by atoms with Crippen molar-refractivity contribution in [1.29, 1.82) is 0 Å². The monoisotopic (exact) mass is 183 g/mol. The third kappa shape index (κ3) is 3.59. The lowest BCUT2D eigenvalue weighted by Gasteiger charge is -2.11. The number of carbonyl (C=O) groups is 2. The molecule has 0 aliphatic heterocycles. The Morgan fingerprint density at radius 1 is 1.38 bits per heavy atom. The summed E-state index contributed by atoms with van der Waals surface area (Å²) in [5.74, 6) is -0.201. The van der Waals surface area contributed by atoms with Gasteiger partial charge in [0.05, 0.1) is 6.54 Å². The van der Waals surface area contributed by atoms with E-state index in [1.807, 2.05) is 12.2 Å². The number of urea groups is 1. The normalized spacial score (nSPS) is 15.7. The number of nitrogens with one attached hydrogen (secondary N) is 2. The van der Waals surface area contributed by atoms with E-state index in [-0.39, 0.29) is 18.5 Å². The fourth-order valence-corrected chi connectivity index (χ4v) is 1.18. The molecule has 0 heterocycles. The molecule has 1 aliphatic carbocycles. The first kappa shape index (κ1) is 9.57. The Labute approximate surface area is 76.4 Å². The standard InChI is InChI=1S/C8H13N3O2/c9-8(13)10-5-7(12)11-6-3-1-2-4-6/h1-2,6H,3-5H2,(H,11,12)(H3,9,10,13). The molecule has 13 heavy (non-hydrogen) atoms. The Morgan fingerprint density at radius 3 is 2.54 bits per heavy atom. The third-order valence-electron chi connectivity index (χ3n) is 1.80. The van der Waals surface area contributed by atoms with Gasteiger partial charge in [0.25, 0.3) is 0 Å². The Balaban J connectivity index is 2.14. The number of rotatable bonds is 3. The molecule has 0 saturated carbocycles. The first-order chi connectivity index (χ1) is 6.18. The zero-order valence-corrected chi connectivity index (χ0v) is 7.25. The van der Waals surface area contributed by atoms with Crippen LogP contribution in [0.2, 0.25) is 0 Å². The molecule has 4 N–H and O–H groups in total. The van der Waals surface area contributed by atoms with Gasteiger partial charge in [0.2, 0.25) is 5.91 Å². The second kappa shape index (κ2) is 4.49. The highest BCUT2D eigenvalue weighted by molar-refractivity contribution is 5.83. The average Bonchev–Trinajstić information content (AvgIpc) is 2.53. The molecule has 0 radical (unpaired) electrons. The quantitative estimate of drug-likeness (QED) is 0.515. The molecule has 1 rings (SSSR count). The summed E-state index contributed by atoms with van der Waals surface area (Å²) >= 11 is 0. The van der Waals surface area contributed by atoms with Crippen LogP contribution in [0.25, 0.3) is 0 Å². The molecule has 3 amide bonds. The summed E-state index contributed by atoms with van der Waals surface area (Å²) in [7, 11) is 0. The van der Waals surface area contributed by atoms with E-state index in [1.165, 1.54) is 0 Å². The number of nitrogens with two attached hydrogens (primary N) is 1. The molecule has 5 nitrogen and oxygen atoms in total. The van der Waals surface area contributed by atoms with E-state index >= 15 is 0 Å². The summed E-state index contributed by atoms with van der Waals surface area (Å²) in [5.41, 5.74) is 4.81. The first-order valence-corrected chi connectivity index (χ1v) is 4.16. The van der Waals surface area contributed by atoms with Gasteiger partial charge in [-0.3, -0.25) is 4.79 Å². The highest BCUT2D eigenvalue weighted by Crippen LogP contribution is 2.08. The van der Waals surface area contributed by atoms with E-state index in [1.54, 1.807) is 0 Å². The van der Waals surface area contributed by atoms with Crippen molar-refractivity contribution in [3.8, 4) is 0 Å². The van der Waals surface area contributed by atoms with Crippen LogP contribution in [0, 0.1) is 0 Å². The van der Waals surface area contributed by atoms with Gasteiger partial charge in [0.1, 0.15) is 0 Å². The van der Waals surface area contributed by atoms with E-state index in [0.717, 1.165) is 12.8 Å². The number of amides is 3. The number of carbonyl (C=O) groups excluding carboxylic acids is 2. The molecule has 0 atom stereocenters. The predicted molar refractivity (Wildman–Crippen MR) is 47.9 cm³/mol. The van der Waals surface area contributed by atoms with Crippen molar-refractivity contribution < 1.29 is 9.59 Å². The Bertz CT molecular complexity index is 230. The van der Waals surface area contributed by atoms with E-state index < -0.39 is 6.03 Å². The summed E-state index contributed by atoms with van der Waals surface area (Å²) in [5, 5.41) is 4.99.